The number of halogens is 1. The van der Waals surface area contributed by atoms with E-state index in [4.69, 9.17) is 13.8 Å². The van der Waals surface area contributed by atoms with Gasteiger partial charge in [-0.1, -0.05) is 51.9 Å². The zero-order chi connectivity index (χ0) is 31.9. The van der Waals surface area contributed by atoms with E-state index in [0.717, 1.165) is 69.7 Å². The minimum Gasteiger partial charge on any atom is -0.381 e. The highest BCUT2D eigenvalue weighted by atomic mass is 35.5. The average Bonchev–Trinajstić information content (AvgIpc) is 3.68. The number of ether oxygens (including phenoxy) is 1. The van der Waals surface area contributed by atoms with Gasteiger partial charge in [-0.3, -0.25) is 14.4 Å². The highest BCUT2D eigenvalue weighted by Crippen LogP contribution is 2.27. The molecule has 5 rings (SSSR count). The number of rotatable bonds is 5. The molecule has 3 aliphatic heterocycles. The molecule has 2 atom stereocenters. The summed E-state index contributed by atoms with van der Waals surface area (Å²) < 4.78 is 15.9. The number of nitrogens with one attached hydrogen (secondary N) is 3. The molecule has 0 radical (unpaired) electrons. The molecule has 3 amide bonds. The van der Waals surface area contributed by atoms with Crippen LogP contribution in [0.5, 0.6) is 0 Å². The molecule has 3 N–H and O–H groups in total. The maximum absolute atomic E-state index is 12.7. The van der Waals surface area contributed by atoms with E-state index in [9.17, 15) is 14.4 Å². The third kappa shape index (κ3) is 10.5. The topological polar surface area (TPSA) is 152 Å². The minimum absolute atomic E-state index is 0. The lowest BCUT2D eigenvalue weighted by atomic mass is 9.93. The Kier molecular flexibility index (Phi) is 13.0. The predicted molar refractivity (Wildman–Crippen MR) is 173 cm³/mol. The molecule has 3 aliphatic rings. The number of aromatic nitrogens is 2. The van der Waals surface area contributed by atoms with Crippen LogP contribution in [-0.2, 0) is 30.0 Å². The maximum atomic E-state index is 12.7. The molecule has 2 aromatic heterocycles. The number of anilines is 2. The summed E-state index contributed by atoms with van der Waals surface area (Å²) in [4.78, 5) is 39.2. The van der Waals surface area contributed by atoms with Crippen LogP contribution < -0.4 is 16.0 Å². The third-order valence-corrected chi connectivity index (χ3v) is 8.34. The van der Waals surface area contributed by atoms with Crippen LogP contribution in [0.15, 0.2) is 21.2 Å². The van der Waals surface area contributed by atoms with Crippen molar-refractivity contribution < 1.29 is 28.2 Å². The van der Waals surface area contributed by atoms with Gasteiger partial charge in [0.25, 0.3) is 0 Å². The monoisotopic (exact) mass is 650 g/mol. The van der Waals surface area contributed by atoms with Crippen LogP contribution >= 0.6 is 12.4 Å². The van der Waals surface area contributed by atoms with Crippen molar-refractivity contribution in [2.24, 2.45) is 17.8 Å². The van der Waals surface area contributed by atoms with Gasteiger partial charge in [0, 0.05) is 61.7 Å². The van der Waals surface area contributed by atoms with Crippen molar-refractivity contribution in [3.8, 4) is 0 Å². The first-order chi connectivity index (χ1) is 20.8. The Morgan fingerprint density at radius 2 is 1.33 bits per heavy atom. The Hall–Kier alpha value is -2.96. The second-order valence-electron chi connectivity index (χ2n) is 14.2. The quantitative estimate of drug-likeness (QED) is 0.410. The second-order valence-corrected chi connectivity index (χ2v) is 14.2. The molecule has 2 unspecified atom stereocenters. The van der Waals surface area contributed by atoms with Crippen molar-refractivity contribution in [1.29, 1.82) is 0 Å². The Balaban J connectivity index is 0.000000256. The molecule has 0 aliphatic carbocycles. The molecule has 45 heavy (non-hydrogen) atoms. The summed E-state index contributed by atoms with van der Waals surface area (Å²) in [5, 5.41) is 16.7. The SMILES string of the molecule is CC(C)(C)c1cc(NC(=O)C2CCCN(C(=O)C3CCOCC3)C2)no1.CC(C)(C)c1cc(NC(=O)C2CCCNC2)no1.Cl. The summed E-state index contributed by atoms with van der Waals surface area (Å²) in [6.45, 7) is 16.5. The van der Waals surface area contributed by atoms with E-state index in [1.807, 2.05) is 46.4 Å². The van der Waals surface area contributed by atoms with Crippen LogP contribution in [0.3, 0.4) is 0 Å². The fraction of sp³-hybridized carbons (Fsp3) is 0.719. The molecular weight excluding hydrogens is 600 g/mol. The van der Waals surface area contributed by atoms with E-state index in [-0.39, 0.29) is 58.7 Å². The van der Waals surface area contributed by atoms with Crippen LogP contribution in [-0.4, -0.2) is 72.3 Å². The van der Waals surface area contributed by atoms with E-state index >= 15 is 0 Å². The number of hydrogen-bond donors (Lipinski definition) is 3. The third-order valence-electron chi connectivity index (χ3n) is 8.34. The predicted octanol–water partition coefficient (Wildman–Crippen LogP) is 4.91. The highest BCUT2D eigenvalue weighted by molar-refractivity contribution is 5.93. The average molecular weight is 651 g/mol. The van der Waals surface area contributed by atoms with Crippen molar-refractivity contribution in [3.63, 3.8) is 0 Å². The number of hydrogen-bond acceptors (Lipinski definition) is 9. The van der Waals surface area contributed by atoms with Gasteiger partial charge < -0.3 is 34.6 Å². The summed E-state index contributed by atoms with van der Waals surface area (Å²) >= 11 is 0. The molecular formula is C32H51ClN6O6. The van der Waals surface area contributed by atoms with E-state index in [1.54, 1.807) is 12.1 Å². The molecule has 0 spiro atoms. The largest absolute Gasteiger partial charge is 0.381 e. The van der Waals surface area contributed by atoms with Crippen LogP contribution in [0.1, 0.15) is 91.6 Å². The summed E-state index contributed by atoms with van der Waals surface area (Å²) in [5.41, 5.74) is -0.254. The summed E-state index contributed by atoms with van der Waals surface area (Å²) in [7, 11) is 0. The van der Waals surface area contributed by atoms with Gasteiger partial charge in [-0.25, -0.2) is 0 Å². The van der Waals surface area contributed by atoms with Gasteiger partial charge in [0.1, 0.15) is 11.5 Å². The fourth-order valence-electron chi connectivity index (χ4n) is 5.50. The normalized spacial score (nSPS) is 21.2. The molecule has 12 nitrogen and oxygen atoms in total. The summed E-state index contributed by atoms with van der Waals surface area (Å²) in [5.74, 6) is 2.42. The highest BCUT2D eigenvalue weighted by Gasteiger charge is 2.33. The van der Waals surface area contributed by atoms with Crippen molar-refractivity contribution in [1.82, 2.24) is 20.5 Å². The van der Waals surface area contributed by atoms with E-state index < -0.39 is 0 Å². The number of nitrogens with zero attached hydrogens (tertiary/aromatic N) is 3. The molecule has 13 heteroatoms. The molecule has 2 aromatic rings. The molecule has 3 saturated heterocycles. The Morgan fingerprint density at radius 3 is 1.82 bits per heavy atom. The zero-order valence-corrected chi connectivity index (χ0v) is 28.4. The molecule has 0 bridgehead atoms. The summed E-state index contributed by atoms with van der Waals surface area (Å²) in [6.07, 6.45) is 5.17. The van der Waals surface area contributed by atoms with Crippen molar-refractivity contribution in [3.05, 3.63) is 23.7 Å². The number of carbonyl (C=O) groups excluding carboxylic acids is 3. The first-order valence-electron chi connectivity index (χ1n) is 15.9. The Morgan fingerprint density at radius 1 is 0.800 bits per heavy atom. The number of amides is 3. The van der Waals surface area contributed by atoms with Crippen LogP contribution in [0, 0.1) is 17.8 Å². The second kappa shape index (κ2) is 16.0. The number of carbonyl (C=O) groups is 3. The van der Waals surface area contributed by atoms with E-state index in [0.29, 0.717) is 31.4 Å². The van der Waals surface area contributed by atoms with E-state index in [1.165, 1.54) is 0 Å². The molecule has 3 fully saturated rings. The molecule has 0 saturated carbocycles. The number of likely N-dealkylation sites (tertiary alicyclic amines) is 1. The van der Waals surface area contributed by atoms with Crippen molar-refractivity contribution in [2.75, 3.05) is 50.0 Å². The van der Waals surface area contributed by atoms with Gasteiger partial charge >= 0.3 is 0 Å². The lowest BCUT2D eigenvalue weighted by Gasteiger charge is -2.35. The minimum atomic E-state index is -0.206. The lowest BCUT2D eigenvalue weighted by Crippen LogP contribution is -2.46. The number of piperidine rings is 2. The van der Waals surface area contributed by atoms with Gasteiger partial charge in [-0.05, 0) is 45.1 Å². The standard InChI is InChI=1S/C19H29N3O4.C13H21N3O2.ClH/c1-19(2,3)15-11-16(21-26-15)20-17(23)14-5-4-8-22(12-14)18(24)13-6-9-25-10-7-13;1-13(2,3)10-7-11(16-18-10)15-12(17)9-5-4-6-14-8-9;/h11,13-14H,4-10,12H2,1-3H3,(H,20,21,23);7,9,14H,4-6,8H2,1-3H3,(H,15,16,17);1H. The van der Waals surface area contributed by atoms with Gasteiger partial charge in [0.05, 0.1) is 11.8 Å². The van der Waals surface area contributed by atoms with Crippen LogP contribution in [0.4, 0.5) is 11.6 Å². The van der Waals surface area contributed by atoms with E-state index in [2.05, 4.69) is 26.3 Å². The molecule has 252 valence electrons. The smallest absolute Gasteiger partial charge is 0.230 e. The van der Waals surface area contributed by atoms with Gasteiger partial charge in [-0.15, -0.1) is 12.4 Å². The van der Waals surface area contributed by atoms with Crippen LogP contribution in [0.2, 0.25) is 0 Å². The zero-order valence-electron chi connectivity index (χ0n) is 27.6. The first kappa shape index (κ1) is 36.5. The van der Waals surface area contributed by atoms with Crippen molar-refractivity contribution >= 4 is 41.8 Å². The molecule has 0 aromatic carbocycles. The van der Waals surface area contributed by atoms with Crippen LogP contribution in [0.25, 0.3) is 0 Å². The van der Waals surface area contributed by atoms with Gasteiger partial charge in [0.2, 0.25) is 17.7 Å². The lowest BCUT2D eigenvalue weighted by molar-refractivity contribution is -0.141. The fourth-order valence-corrected chi connectivity index (χ4v) is 5.50. The van der Waals surface area contributed by atoms with Gasteiger partial charge in [0.15, 0.2) is 11.6 Å². The first-order valence-corrected chi connectivity index (χ1v) is 15.9. The van der Waals surface area contributed by atoms with Crippen molar-refractivity contribution in [2.45, 2.75) is 90.9 Å². The maximum Gasteiger partial charge on any atom is 0.230 e. The molecule has 5 heterocycles. The Labute approximate surface area is 272 Å². The summed E-state index contributed by atoms with van der Waals surface area (Å²) in [6, 6.07) is 3.57. The van der Waals surface area contributed by atoms with Gasteiger partial charge in [-0.2, -0.15) is 0 Å². The Bertz CT molecular complexity index is 1250.